The predicted molar refractivity (Wildman–Crippen MR) is 105 cm³/mol. The average molecular weight is 414 g/mol. The van der Waals surface area contributed by atoms with Crippen LogP contribution in [0.15, 0.2) is 18.2 Å². The van der Waals surface area contributed by atoms with Crippen molar-refractivity contribution in [2.24, 2.45) is 0 Å². The van der Waals surface area contributed by atoms with E-state index in [0.29, 0.717) is 5.13 Å². The smallest absolute Gasteiger partial charge is 0.282 e. The third-order valence-corrected chi connectivity index (χ3v) is 6.12. The van der Waals surface area contributed by atoms with Crippen molar-refractivity contribution in [3.63, 3.8) is 0 Å². The molecule has 1 aliphatic heterocycles. The lowest BCUT2D eigenvalue weighted by molar-refractivity contribution is -0.385. The summed E-state index contributed by atoms with van der Waals surface area (Å²) >= 11 is 1.49. The van der Waals surface area contributed by atoms with E-state index < -0.39 is 16.7 Å². The quantitative estimate of drug-likeness (QED) is 0.440. The summed E-state index contributed by atoms with van der Waals surface area (Å²) in [6.07, 6.45) is 4.56. The first-order chi connectivity index (χ1) is 14.0. The van der Waals surface area contributed by atoms with Gasteiger partial charge in [0.1, 0.15) is 5.56 Å². The molecule has 0 fully saturated rings. The van der Waals surface area contributed by atoms with Crippen LogP contribution in [0.1, 0.15) is 57.0 Å². The first kappa shape index (κ1) is 19.2. The summed E-state index contributed by atoms with van der Waals surface area (Å²) in [7, 11) is 0. The Labute approximate surface area is 169 Å². The van der Waals surface area contributed by atoms with Crippen LogP contribution >= 0.6 is 11.3 Å². The third kappa shape index (κ3) is 3.63. The second-order valence-electron chi connectivity index (χ2n) is 6.97. The van der Waals surface area contributed by atoms with Gasteiger partial charge in [0.05, 0.1) is 16.2 Å². The molecule has 0 saturated carbocycles. The molecule has 0 unspecified atom stereocenters. The molecule has 10 heteroatoms. The molecule has 2 heterocycles. The summed E-state index contributed by atoms with van der Waals surface area (Å²) in [6, 6.07) is 3.99. The van der Waals surface area contributed by atoms with Crippen molar-refractivity contribution < 1.29 is 19.3 Å². The van der Waals surface area contributed by atoms with Crippen LogP contribution in [0.4, 0.5) is 10.8 Å². The van der Waals surface area contributed by atoms with Crippen molar-refractivity contribution in [2.75, 3.05) is 11.9 Å². The molecule has 0 saturated heterocycles. The molecule has 0 bridgehead atoms. The first-order valence-electron chi connectivity index (χ1n) is 9.37. The summed E-state index contributed by atoms with van der Waals surface area (Å²) in [5.41, 5.74) is 0.528. The topological polar surface area (TPSA) is 123 Å². The summed E-state index contributed by atoms with van der Waals surface area (Å²) in [6.45, 7) is 0.0191. The molecule has 0 spiro atoms. The lowest BCUT2D eigenvalue weighted by Crippen LogP contribution is -2.31. The van der Waals surface area contributed by atoms with E-state index in [9.17, 15) is 24.5 Å². The van der Waals surface area contributed by atoms with Crippen molar-refractivity contribution in [2.45, 2.75) is 38.5 Å². The molecule has 4 rings (SSSR count). The molecule has 0 radical (unpaired) electrons. The highest BCUT2D eigenvalue weighted by atomic mass is 32.1. The highest BCUT2D eigenvalue weighted by Crippen LogP contribution is 2.31. The number of nitro groups is 1. The van der Waals surface area contributed by atoms with Gasteiger partial charge in [-0.1, -0.05) is 6.07 Å². The Kier molecular flexibility index (Phi) is 5.10. The van der Waals surface area contributed by atoms with E-state index >= 15 is 0 Å². The number of hydrogen-bond donors (Lipinski definition) is 1. The van der Waals surface area contributed by atoms with E-state index in [0.717, 1.165) is 36.3 Å². The largest absolute Gasteiger partial charge is 0.302 e. The monoisotopic (exact) mass is 414 g/mol. The van der Waals surface area contributed by atoms with Crippen LogP contribution in [0.25, 0.3) is 0 Å². The van der Waals surface area contributed by atoms with E-state index in [4.69, 9.17) is 0 Å². The molecular weight excluding hydrogens is 396 g/mol. The normalized spacial score (nSPS) is 15.2. The van der Waals surface area contributed by atoms with Crippen molar-refractivity contribution in [3.8, 4) is 0 Å². The fourth-order valence-electron chi connectivity index (χ4n) is 3.66. The Bertz CT molecular complexity index is 1010. The fourth-order valence-corrected chi connectivity index (χ4v) is 4.72. The van der Waals surface area contributed by atoms with Crippen molar-refractivity contribution >= 4 is 39.9 Å². The Hall–Kier alpha value is -3.14. The van der Waals surface area contributed by atoms with E-state index in [1.807, 2.05) is 0 Å². The number of hydrogen-bond acceptors (Lipinski definition) is 7. The van der Waals surface area contributed by atoms with E-state index in [2.05, 4.69) is 10.3 Å². The van der Waals surface area contributed by atoms with Crippen molar-refractivity contribution in [3.05, 3.63) is 50.0 Å². The zero-order chi connectivity index (χ0) is 20.5. The number of imide groups is 1. The molecular formula is C19H18N4O5S. The maximum absolute atomic E-state index is 12.5. The molecule has 2 aliphatic rings. The van der Waals surface area contributed by atoms with Gasteiger partial charge in [-0.25, -0.2) is 4.98 Å². The second-order valence-corrected chi connectivity index (χ2v) is 8.05. The van der Waals surface area contributed by atoms with Gasteiger partial charge in [-0.2, -0.15) is 0 Å². The summed E-state index contributed by atoms with van der Waals surface area (Å²) in [5, 5.41) is 14.5. The molecule has 9 nitrogen and oxygen atoms in total. The maximum atomic E-state index is 12.5. The number of amides is 3. The van der Waals surface area contributed by atoms with Crippen LogP contribution in [0, 0.1) is 10.1 Å². The van der Waals surface area contributed by atoms with Gasteiger partial charge in [-0.05, 0) is 38.2 Å². The Morgan fingerprint density at radius 3 is 2.79 bits per heavy atom. The van der Waals surface area contributed by atoms with Gasteiger partial charge in [0.15, 0.2) is 5.13 Å². The Balaban J connectivity index is 1.35. The molecule has 1 aromatic heterocycles. The van der Waals surface area contributed by atoms with E-state index in [-0.39, 0.29) is 42.1 Å². The Morgan fingerprint density at radius 2 is 2.03 bits per heavy atom. The number of fused-ring (bicyclic) bond motifs is 2. The summed E-state index contributed by atoms with van der Waals surface area (Å²) < 4.78 is 0. The van der Waals surface area contributed by atoms with Crippen LogP contribution in [0.5, 0.6) is 0 Å². The minimum absolute atomic E-state index is 0.0191. The zero-order valence-electron chi connectivity index (χ0n) is 15.5. The van der Waals surface area contributed by atoms with E-state index in [1.54, 1.807) is 0 Å². The minimum Gasteiger partial charge on any atom is -0.302 e. The van der Waals surface area contributed by atoms with Gasteiger partial charge < -0.3 is 5.32 Å². The minimum atomic E-state index is -0.690. The summed E-state index contributed by atoms with van der Waals surface area (Å²) in [4.78, 5) is 54.2. The summed E-state index contributed by atoms with van der Waals surface area (Å²) in [5.74, 6) is -1.49. The molecule has 29 heavy (non-hydrogen) atoms. The molecule has 3 amide bonds. The second kappa shape index (κ2) is 7.70. The number of nitro benzene ring substituents is 1. The maximum Gasteiger partial charge on any atom is 0.282 e. The van der Waals surface area contributed by atoms with Crippen LogP contribution in [-0.2, 0) is 17.6 Å². The molecule has 0 atom stereocenters. The van der Waals surface area contributed by atoms with E-state index in [1.165, 1.54) is 34.4 Å². The molecule has 1 N–H and O–H groups in total. The first-order valence-corrected chi connectivity index (χ1v) is 10.2. The number of thiazole rings is 1. The lowest BCUT2D eigenvalue weighted by Gasteiger charge is -2.13. The number of rotatable bonds is 6. The molecule has 1 aliphatic carbocycles. The third-order valence-electron chi connectivity index (χ3n) is 5.05. The van der Waals surface area contributed by atoms with Crippen molar-refractivity contribution in [1.82, 2.24) is 9.88 Å². The highest BCUT2D eigenvalue weighted by Gasteiger charge is 2.40. The fraction of sp³-hybridized carbons (Fsp3) is 0.368. The number of aromatic nitrogens is 1. The SMILES string of the molecule is O=C(CCCN1C(=O)c2cccc([N+](=O)[O-])c2C1=O)Nc1nc2c(s1)CCCC2. The number of anilines is 1. The number of carbonyl (C=O) groups is 3. The number of nitrogens with one attached hydrogen (secondary N) is 1. The predicted octanol–water partition coefficient (Wildman–Crippen LogP) is 2.95. The molecule has 150 valence electrons. The van der Waals surface area contributed by atoms with Gasteiger partial charge in [-0.15, -0.1) is 11.3 Å². The average Bonchev–Trinajstić information content (AvgIpc) is 3.21. The number of carbonyl (C=O) groups excluding carboxylic acids is 3. The van der Waals surface area contributed by atoms with Gasteiger partial charge in [0.2, 0.25) is 5.91 Å². The number of aryl methyl sites for hydroxylation is 2. The van der Waals surface area contributed by atoms with Crippen molar-refractivity contribution in [1.29, 1.82) is 0 Å². The Morgan fingerprint density at radius 1 is 1.24 bits per heavy atom. The van der Waals surface area contributed by atoms with Gasteiger partial charge in [0.25, 0.3) is 17.5 Å². The lowest BCUT2D eigenvalue weighted by atomic mass is 10.0. The van der Waals surface area contributed by atoms with Crippen LogP contribution in [0.2, 0.25) is 0 Å². The zero-order valence-corrected chi connectivity index (χ0v) is 16.3. The van der Waals surface area contributed by atoms with Gasteiger partial charge in [0, 0.05) is 23.9 Å². The number of nitrogens with zero attached hydrogens (tertiary/aromatic N) is 3. The van der Waals surface area contributed by atoms with Gasteiger partial charge in [-0.3, -0.25) is 29.4 Å². The molecule has 2 aromatic rings. The van der Waals surface area contributed by atoms with Crippen LogP contribution in [-0.4, -0.2) is 39.1 Å². The van der Waals surface area contributed by atoms with Gasteiger partial charge >= 0.3 is 0 Å². The highest BCUT2D eigenvalue weighted by molar-refractivity contribution is 7.15. The number of benzene rings is 1. The van der Waals surface area contributed by atoms with Crippen LogP contribution < -0.4 is 5.32 Å². The standard InChI is InChI=1S/C19H18N4O5S/c24-15(21-19-20-12-6-1-2-8-14(12)29-19)9-4-10-22-17(25)11-5-3-7-13(23(27)28)16(11)18(22)26/h3,5,7H,1-2,4,6,8-10H2,(H,20,21,24). The van der Waals surface area contributed by atoms with Crippen LogP contribution in [0.3, 0.4) is 0 Å². The molecule has 1 aromatic carbocycles.